The number of benzene rings is 2. The van der Waals surface area contributed by atoms with Crippen molar-refractivity contribution in [2.45, 2.75) is 32.9 Å². The molecule has 0 spiro atoms. The molecule has 0 aliphatic rings. The van der Waals surface area contributed by atoms with Gasteiger partial charge >= 0.3 is 0 Å². The van der Waals surface area contributed by atoms with Crippen LogP contribution in [0.25, 0.3) is 16.7 Å². The zero-order chi connectivity index (χ0) is 20.5. The minimum atomic E-state index is -0.343. The number of carbonyl (C=O) groups excluding carboxylic acids is 1. The molecular formula is C21H20ClN5O2. The molecule has 4 rings (SSSR count). The molecule has 0 saturated heterocycles. The van der Waals surface area contributed by atoms with Crippen molar-refractivity contribution in [3.8, 4) is 0 Å². The summed E-state index contributed by atoms with van der Waals surface area (Å²) in [5, 5.41) is 11.8. The van der Waals surface area contributed by atoms with Gasteiger partial charge in [0.1, 0.15) is 12.4 Å². The zero-order valence-electron chi connectivity index (χ0n) is 16.1. The number of hydrogen-bond acceptors (Lipinski definition) is 4. The van der Waals surface area contributed by atoms with Crippen LogP contribution < -0.4 is 10.9 Å². The van der Waals surface area contributed by atoms with Crippen molar-refractivity contribution >= 4 is 34.2 Å². The van der Waals surface area contributed by atoms with E-state index in [1.165, 1.54) is 4.57 Å². The Kier molecular flexibility index (Phi) is 5.07. The normalized spacial score (nSPS) is 11.4. The monoisotopic (exact) mass is 409 g/mol. The van der Waals surface area contributed by atoms with Crippen molar-refractivity contribution in [2.24, 2.45) is 0 Å². The Bertz CT molecular complexity index is 1260. The van der Waals surface area contributed by atoms with Crippen LogP contribution in [0.1, 0.15) is 31.2 Å². The van der Waals surface area contributed by atoms with Gasteiger partial charge in [-0.1, -0.05) is 49.7 Å². The molecule has 2 heterocycles. The first-order chi connectivity index (χ1) is 14.0. The standard InChI is InChI=1S/C21H20ClN5O2/c1-13(2)19-24-25-20-21(29)26(16-5-3-4-6-17(16)27(19)20)12-18(28)23-11-14-7-9-15(22)10-8-14/h3-10,13H,11-12H2,1-2H3,(H,23,28). The number of rotatable bonds is 5. The van der Waals surface area contributed by atoms with Crippen LogP contribution in [0.4, 0.5) is 0 Å². The average Bonchev–Trinajstić information content (AvgIpc) is 3.16. The molecule has 8 heteroatoms. The number of halogens is 1. The predicted octanol–water partition coefficient (Wildman–Crippen LogP) is 3.14. The van der Waals surface area contributed by atoms with Gasteiger partial charge in [-0.15, -0.1) is 10.2 Å². The van der Waals surface area contributed by atoms with Gasteiger partial charge in [0.25, 0.3) is 5.56 Å². The van der Waals surface area contributed by atoms with Gasteiger partial charge in [-0.3, -0.25) is 18.6 Å². The summed E-state index contributed by atoms with van der Waals surface area (Å²) in [5.74, 6) is 0.555. The summed E-state index contributed by atoms with van der Waals surface area (Å²) < 4.78 is 3.23. The molecule has 0 aliphatic carbocycles. The van der Waals surface area contributed by atoms with Gasteiger partial charge in [0, 0.05) is 17.5 Å². The highest BCUT2D eigenvalue weighted by Gasteiger charge is 2.19. The third-order valence-corrected chi connectivity index (χ3v) is 5.01. The van der Waals surface area contributed by atoms with E-state index in [9.17, 15) is 9.59 Å². The summed E-state index contributed by atoms with van der Waals surface area (Å²) in [7, 11) is 0. The number of aromatic nitrogens is 4. The number of carbonyl (C=O) groups is 1. The quantitative estimate of drug-likeness (QED) is 0.549. The number of nitrogens with zero attached hydrogens (tertiary/aromatic N) is 4. The van der Waals surface area contributed by atoms with Crippen molar-refractivity contribution in [3.05, 3.63) is 75.3 Å². The lowest BCUT2D eigenvalue weighted by molar-refractivity contribution is -0.121. The van der Waals surface area contributed by atoms with Crippen LogP contribution in [0.3, 0.4) is 0 Å². The van der Waals surface area contributed by atoms with E-state index in [4.69, 9.17) is 11.6 Å². The molecule has 1 N–H and O–H groups in total. The topological polar surface area (TPSA) is 81.3 Å². The van der Waals surface area contributed by atoms with Gasteiger partial charge in [0.2, 0.25) is 11.6 Å². The molecule has 0 unspecified atom stereocenters. The van der Waals surface area contributed by atoms with Crippen LogP contribution in [0.15, 0.2) is 53.3 Å². The molecule has 0 fully saturated rings. The molecular weight excluding hydrogens is 390 g/mol. The van der Waals surface area contributed by atoms with Gasteiger partial charge in [-0.05, 0) is 29.8 Å². The summed E-state index contributed by atoms with van der Waals surface area (Å²) in [6.07, 6.45) is 0. The Hall–Kier alpha value is -3.19. The van der Waals surface area contributed by atoms with E-state index in [2.05, 4.69) is 15.5 Å². The number of nitrogens with one attached hydrogen (secondary N) is 1. The molecule has 148 valence electrons. The lowest BCUT2D eigenvalue weighted by Gasteiger charge is -2.13. The van der Waals surface area contributed by atoms with Crippen LogP contribution in [0.5, 0.6) is 0 Å². The maximum atomic E-state index is 13.1. The van der Waals surface area contributed by atoms with Crippen LogP contribution in [-0.4, -0.2) is 25.1 Å². The Morgan fingerprint density at radius 3 is 2.45 bits per heavy atom. The van der Waals surface area contributed by atoms with Crippen LogP contribution >= 0.6 is 11.6 Å². The Morgan fingerprint density at radius 1 is 1.07 bits per heavy atom. The molecule has 2 aromatic heterocycles. The highest BCUT2D eigenvalue weighted by Crippen LogP contribution is 2.19. The summed E-state index contributed by atoms with van der Waals surface area (Å²) in [6.45, 7) is 4.25. The lowest BCUT2D eigenvalue weighted by Crippen LogP contribution is -2.33. The van der Waals surface area contributed by atoms with Crippen LogP contribution in [0, 0.1) is 0 Å². The molecule has 0 radical (unpaired) electrons. The molecule has 0 aliphatic heterocycles. The van der Waals surface area contributed by atoms with Gasteiger partial charge < -0.3 is 5.32 Å². The highest BCUT2D eigenvalue weighted by atomic mass is 35.5. The second-order valence-electron chi connectivity index (χ2n) is 7.16. The summed E-state index contributed by atoms with van der Waals surface area (Å²) in [4.78, 5) is 25.6. The minimum absolute atomic E-state index is 0.103. The molecule has 0 atom stereocenters. The van der Waals surface area contributed by atoms with Crippen molar-refractivity contribution in [1.82, 2.24) is 24.5 Å². The maximum absolute atomic E-state index is 13.1. The highest BCUT2D eigenvalue weighted by molar-refractivity contribution is 6.30. The zero-order valence-corrected chi connectivity index (χ0v) is 16.8. The first-order valence-electron chi connectivity index (χ1n) is 9.33. The molecule has 4 aromatic rings. The number of fused-ring (bicyclic) bond motifs is 3. The SMILES string of the molecule is CC(C)c1nnc2c(=O)n(CC(=O)NCc3ccc(Cl)cc3)c3ccccc3n12. The second-order valence-corrected chi connectivity index (χ2v) is 7.59. The van der Waals surface area contributed by atoms with E-state index in [1.54, 1.807) is 16.5 Å². The van der Waals surface area contributed by atoms with Gasteiger partial charge in [0.15, 0.2) is 0 Å². The fraction of sp³-hybridized carbons (Fsp3) is 0.238. The second kappa shape index (κ2) is 7.67. The molecule has 0 bridgehead atoms. The fourth-order valence-corrected chi connectivity index (χ4v) is 3.44. The first kappa shape index (κ1) is 19.1. The van der Waals surface area contributed by atoms with Crippen molar-refractivity contribution in [3.63, 3.8) is 0 Å². The van der Waals surface area contributed by atoms with Crippen LogP contribution in [0.2, 0.25) is 5.02 Å². The van der Waals surface area contributed by atoms with E-state index < -0.39 is 0 Å². The van der Waals surface area contributed by atoms with Crippen LogP contribution in [-0.2, 0) is 17.9 Å². The number of amides is 1. The average molecular weight is 410 g/mol. The summed E-state index contributed by atoms with van der Waals surface area (Å²) in [5.41, 5.74) is 2.26. The third-order valence-electron chi connectivity index (χ3n) is 4.76. The fourth-order valence-electron chi connectivity index (χ4n) is 3.32. The van der Waals surface area contributed by atoms with E-state index in [1.807, 2.05) is 50.2 Å². The summed E-state index contributed by atoms with van der Waals surface area (Å²) >= 11 is 5.89. The van der Waals surface area contributed by atoms with Gasteiger partial charge in [-0.2, -0.15) is 0 Å². The van der Waals surface area contributed by atoms with Gasteiger partial charge in [-0.25, -0.2) is 0 Å². The molecule has 1 amide bonds. The van der Waals surface area contributed by atoms with E-state index in [-0.39, 0.29) is 29.6 Å². The van der Waals surface area contributed by atoms with E-state index in [0.29, 0.717) is 22.9 Å². The smallest absolute Gasteiger partial charge is 0.297 e. The molecule has 29 heavy (non-hydrogen) atoms. The van der Waals surface area contributed by atoms with E-state index in [0.717, 1.165) is 11.1 Å². The lowest BCUT2D eigenvalue weighted by atomic mass is 10.2. The largest absolute Gasteiger partial charge is 0.350 e. The number of hydrogen-bond donors (Lipinski definition) is 1. The number of para-hydroxylation sites is 2. The molecule has 2 aromatic carbocycles. The maximum Gasteiger partial charge on any atom is 0.297 e. The van der Waals surface area contributed by atoms with Crippen molar-refractivity contribution in [1.29, 1.82) is 0 Å². The Balaban J connectivity index is 1.69. The van der Waals surface area contributed by atoms with Crippen molar-refractivity contribution < 1.29 is 4.79 Å². The summed E-state index contributed by atoms with van der Waals surface area (Å²) in [6, 6.07) is 14.7. The Morgan fingerprint density at radius 2 is 1.76 bits per heavy atom. The minimum Gasteiger partial charge on any atom is -0.350 e. The third kappa shape index (κ3) is 3.61. The molecule has 0 saturated carbocycles. The Labute approximate surface area is 171 Å². The predicted molar refractivity (Wildman–Crippen MR) is 112 cm³/mol. The van der Waals surface area contributed by atoms with E-state index >= 15 is 0 Å². The van der Waals surface area contributed by atoms with Crippen molar-refractivity contribution in [2.75, 3.05) is 0 Å². The molecule has 7 nitrogen and oxygen atoms in total. The van der Waals surface area contributed by atoms with Gasteiger partial charge in [0.05, 0.1) is 11.0 Å². The first-order valence-corrected chi connectivity index (χ1v) is 9.71.